The highest BCUT2D eigenvalue weighted by Crippen LogP contribution is 2.13. The zero-order valence-electron chi connectivity index (χ0n) is 9.61. The molecule has 0 unspecified atom stereocenters. The number of thiazole rings is 1. The van der Waals surface area contributed by atoms with Crippen molar-refractivity contribution in [2.24, 2.45) is 0 Å². The molecule has 4 nitrogen and oxygen atoms in total. The van der Waals surface area contributed by atoms with E-state index in [4.69, 9.17) is 0 Å². The summed E-state index contributed by atoms with van der Waals surface area (Å²) in [4.78, 5) is 13.2. The van der Waals surface area contributed by atoms with Crippen molar-refractivity contribution < 1.29 is 0 Å². The molecule has 0 amide bonds. The largest absolute Gasteiger partial charge is 0.373 e. The van der Waals surface area contributed by atoms with Crippen molar-refractivity contribution in [2.45, 2.75) is 20.3 Å². The summed E-state index contributed by atoms with van der Waals surface area (Å²) in [7, 11) is 1.86. The third-order valence-electron chi connectivity index (χ3n) is 2.13. The number of aromatic nitrogens is 3. The van der Waals surface area contributed by atoms with Gasteiger partial charge in [0.25, 0.3) is 0 Å². The molecule has 2 aromatic heterocycles. The average molecular weight is 234 g/mol. The lowest BCUT2D eigenvalue weighted by atomic mass is 10.3. The van der Waals surface area contributed by atoms with Gasteiger partial charge in [-0.3, -0.25) is 0 Å². The third kappa shape index (κ3) is 2.55. The number of anilines is 1. The molecule has 2 aromatic rings. The summed E-state index contributed by atoms with van der Waals surface area (Å²) in [6.45, 7) is 3.97. The van der Waals surface area contributed by atoms with Crippen molar-refractivity contribution in [2.75, 3.05) is 12.4 Å². The van der Waals surface area contributed by atoms with Crippen molar-refractivity contribution in [1.82, 2.24) is 15.0 Å². The molecular formula is C11H14N4S. The molecule has 0 aliphatic carbocycles. The molecule has 0 saturated carbocycles. The molecule has 16 heavy (non-hydrogen) atoms. The second-order valence-corrected chi connectivity index (χ2v) is 4.56. The molecule has 0 aliphatic rings. The molecule has 1 N–H and O–H groups in total. The van der Waals surface area contributed by atoms with Gasteiger partial charge in [0, 0.05) is 29.9 Å². The maximum atomic E-state index is 4.41. The summed E-state index contributed by atoms with van der Waals surface area (Å²) in [5.74, 6) is 1.68. The van der Waals surface area contributed by atoms with Crippen LogP contribution in [-0.4, -0.2) is 22.0 Å². The minimum atomic E-state index is 0.703. The Labute approximate surface area is 98.8 Å². The number of hydrogen-bond acceptors (Lipinski definition) is 5. The van der Waals surface area contributed by atoms with Gasteiger partial charge in [-0.25, -0.2) is 15.0 Å². The summed E-state index contributed by atoms with van der Waals surface area (Å²) < 4.78 is 0. The number of nitrogens with zero attached hydrogens (tertiary/aromatic N) is 3. The van der Waals surface area contributed by atoms with Crippen LogP contribution < -0.4 is 5.32 Å². The zero-order chi connectivity index (χ0) is 11.5. The Kier molecular flexibility index (Phi) is 3.14. The molecule has 0 spiro atoms. The van der Waals surface area contributed by atoms with Crippen LogP contribution in [0.15, 0.2) is 11.4 Å². The minimum absolute atomic E-state index is 0.703. The van der Waals surface area contributed by atoms with Crippen LogP contribution in [0.5, 0.6) is 0 Å². The Morgan fingerprint density at radius 2 is 2.00 bits per heavy atom. The Morgan fingerprint density at radius 1 is 1.19 bits per heavy atom. The molecule has 0 aliphatic heterocycles. The lowest BCUT2D eigenvalue weighted by molar-refractivity contribution is 0.932. The van der Waals surface area contributed by atoms with Crippen LogP contribution in [0.1, 0.15) is 22.2 Å². The van der Waals surface area contributed by atoms with Gasteiger partial charge in [-0.15, -0.1) is 11.3 Å². The van der Waals surface area contributed by atoms with E-state index in [0.29, 0.717) is 6.42 Å². The van der Waals surface area contributed by atoms with Gasteiger partial charge in [-0.05, 0) is 13.8 Å². The Morgan fingerprint density at radius 3 is 2.62 bits per heavy atom. The predicted octanol–water partition coefficient (Wildman–Crippen LogP) is 2.18. The molecule has 0 aromatic carbocycles. The number of hydrogen-bond donors (Lipinski definition) is 1. The van der Waals surface area contributed by atoms with Gasteiger partial charge >= 0.3 is 0 Å². The van der Waals surface area contributed by atoms with E-state index in [-0.39, 0.29) is 0 Å². The van der Waals surface area contributed by atoms with E-state index in [0.717, 1.165) is 28.0 Å². The Balaban J connectivity index is 2.24. The van der Waals surface area contributed by atoms with Crippen molar-refractivity contribution in [1.29, 1.82) is 0 Å². The van der Waals surface area contributed by atoms with Crippen molar-refractivity contribution >= 4 is 17.2 Å². The molecule has 0 bridgehead atoms. The average Bonchev–Trinajstić information content (AvgIpc) is 2.63. The number of nitrogens with one attached hydrogen (secondary N) is 1. The quantitative estimate of drug-likeness (QED) is 0.884. The summed E-state index contributed by atoms with van der Waals surface area (Å²) in [5, 5.41) is 6.14. The molecule has 2 rings (SSSR count). The minimum Gasteiger partial charge on any atom is -0.373 e. The monoisotopic (exact) mass is 234 g/mol. The van der Waals surface area contributed by atoms with Gasteiger partial charge in [0.05, 0.1) is 6.42 Å². The summed E-state index contributed by atoms with van der Waals surface area (Å²) in [6.07, 6.45) is 0.703. The summed E-state index contributed by atoms with van der Waals surface area (Å²) in [5.41, 5.74) is 2.03. The van der Waals surface area contributed by atoms with Gasteiger partial charge in [-0.2, -0.15) is 0 Å². The molecule has 0 atom stereocenters. The van der Waals surface area contributed by atoms with Gasteiger partial charge < -0.3 is 5.32 Å². The highest BCUT2D eigenvalue weighted by Gasteiger charge is 2.05. The Bertz CT molecular complexity index is 492. The van der Waals surface area contributed by atoms with Gasteiger partial charge in [-0.1, -0.05) is 0 Å². The lowest BCUT2D eigenvalue weighted by Gasteiger charge is -2.03. The smallest absolute Gasteiger partial charge is 0.137 e. The number of aryl methyl sites for hydroxylation is 2. The van der Waals surface area contributed by atoms with Crippen LogP contribution >= 0.6 is 11.3 Å². The van der Waals surface area contributed by atoms with Crippen LogP contribution in [-0.2, 0) is 6.42 Å². The topological polar surface area (TPSA) is 50.7 Å². The van der Waals surface area contributed by atoms with Crippen molar-refractivity contribution in [3.8, 4) is 0 Å². The van der Waals surface area contributed by atoms with Crippen LogP contribution in [0.25, 0.3) is 0 Å². The van der Waals surface area contributed by atoms with Gasteiger partial charge in [0.1, 0.15) is 16.6 Å². The maximum Gasteiger partial charge on any atom is 0.137 e. The molecule has 2 heterocycles. The van der Waals surface area contributed by atoms with Crippen LogP contribution in [0.2, 0.25) is 0 Å². The van der Waals surface area contributed by atoms with Crippen LogP contribution in [0.4, 0.5) is 5.82 Å². The molecule has 0 saturated heterocycles. The lowest BCUT2D eigenvalue weighted by Crippen LogP contribution is -2.02. The van der Waals surface area contributed by atoms with E-state index in [1.54, 1.807) is 11.3 Å². The first-order chi connectivity index (χ1) is 7.67. The highest BCUT2D eigenvalue weighted by molar-refractivity contribution is 7.09. The first kappa shape index (κ1) is 11.0. The molecule has 0 fully saturated rings. The van der Waals surface area contributed by atoms with Crippen molar-refractivity contribution in [3.63, 3.8) is 0 Å². The number of rotatable bonds is 3. The first-order valence-corrected chi connectivity index (χ1v) is 5.98. The van der Waals surface area contributed by atoms with E-state index in [1.165, 1.54) is 0 Å². The van der Waals surface area contributed by atoms with Gasteiger partial charge in [0.2, 0.25) is 0 Å². The van der Waals surface area contributed by atoms with E-state index >= 15 is 0 Å². The molecule has 5 heteroatoms. The van der Waals surface area contributed by atoms with Crippen molar-refractivity contribution in [3.05, 3.63) is 33.7 Å². The fourth-order valence-electron chi connectivity index (χ4n) is 1.46. The molecular weight excluding hydrogens is 220 g/mol. The predicted molar refractivity (Wildman–Crippen MR) is 66.0 cm³/mol. The Hall–Kier alpha value is -1.49. The zero-order valence-corrected chi connectivity index (χ0v) is 10.4. The molecule has 0 radical (unpaired) electrons. The fourth-order valence-corrected chi connectivity index (χ4v) is 2.22. The first-order valence-electron chi connectivity index (χ1n) is 5.10. The van der Waals surface area contributed by atoms with E-state index in [2.05, 4.69) is 20.3 Å². The normalized spacial score (nSPS) is 10.4. The summed E-state index contributed by atoms with van der Waals surface area (Å²) >= 11 is 1.65. The van der Waals surface area contributed by atoms with E-state index in [1.807, 2.05) is 32.3 Å². The summed E-state index contributed by atoms with van der Waals surface area (Å²) in [6, 6.07) is 1.93. The fraction of sp³-hybridized carbons (Fsp3) is 0.364. The standard InChI is InChI=1S/C11H14N4S/c1-7-4-9(12-3)15-10(13-7)5-11-14-8(2)6-16-11/h4,6H,5H2,1-3H3,(H,12,13,15). The second-order valence-electron chi connectivity index (χ2n) is 3.62. The van der Waals surface area contributed by atoms with E-state index in [9.17, 15) is 0 Å². The van der Waals surface area contributed by atoms with Gasteiger partial charge in [0.15, 0.2) is 0 Å². The second kappa shape index (κ2) is 4.57. The third-order valence-corrected chi connectivity index (χ3v) is 3.10. The van der Waals surface area contributed by atoms with Crippen LogP contribution in [0.3, 0.4) is 0 Å². The molecule has 84 valence electrons. The maximum absolute atomic E-state index is 4.41. The highest BCUT2D eigenvalue weighted by atomic mass is 32.1. The van der Waals surface area contributed by atoms with E-state index < -0.39 is 0 Å². The SMILES string of the molecule is CNc1cc(C)nc(Cc2nc(C)cs2)n1. The van der Waals surface area contributed by atoms with Crippen LogP contribution in [0, 0.1) is 13.8 Å².